The van der Waals surface area contributed by atoms with E-state index in [4.69, 9.17) is 0 Å². The van der Waals surface area contributed by atoms with E-state index in [1.54, 1.807) is 0 Å². The SMILES string of the molecule is OC1(CNC2CCCCC2)CCCCC1. The predicted octanol–water partition coefficient (Wildman–Crippen LogP) is 2.60. The van der Waals surface area contributed by atoms with Crippen LogP contribution in [-0.2, 0) is 0 Å². The van der Waals surface area contributed by atoms with E-state index in [1.165, 1.54) is 51.4 Å². The minimum absolute atomic E-state index is 0.379. The lowest BCUT2D eigenvalue weighted by molar-refractivity contribution is 0.00170. The fraction of sp³-hybridized carbons (Fsp3) is 1.00. The summed E-state index contributed by atoms with van der Waals surface area (Å²) in [4.78, 5) is 0. The van der Waals surface area contributed by atoms with Gasteiger partial charge in [0.15, 0.2) is 0 Å². The van der Waals surface area contributed by atoms with Crippen molar-refractivity contribution in [1.29, 1.82) is 0 Å². The summed E-state index contributed by atoms with van der Waals surface area (Å²) in [6, 6.07) is 0.685. The van der Waals surface area contributed by atoms with Gasteiger partial charge in [-0.25, -0.2) is 0 Å². The molecule has 2 rings (SSSR count). The largest absolute Gasteiger partial charge is 0.389 e. The van der Waals surface area contributed by atoms with Gasteiger partial charge in [0.2, 0.25) is 0 Å². The van der Waals surface area contributed by atoms with Crippen LogP contribution in [0, 0.1) is 0 Å². The summed E-state index contributed by atoms with van der Waals surface area (Å²) in [6.45, 7) is 0.831. The first-order valence-corrected chi connectivity index (χ1v) is 6.74. The Morgan fingerprint density at radius 2 is 1.53 bits per heavy atom. The summed E-state index contributed by atoms with van der Waals surface area (Å²) in [6.07, 6.45) is 12.5. The smallest absolute Gasteiger partial charge is 0.0771 e. The highest BCUT2D eigenvalue weighted by Crippen LogP contribution is 2.28. The third kappa shape index (κ3) is 3.46. The molecule has 0 bridgehead atoms. The van der Waals surface area contributed by atoms with Crippen LogP contribution >= 0.6 is 0 Å². The van der Waals surface area contributed by atoms with Gasteiger partial charge in [0.05, 0.1) is 5.60 Å². The Balaban J connectivity index is 1.70. The molecule has 15 heavy (non-hydrogen) atoms. The molecule has 0 atom stereocenters. The Bertz CT molecular complexity index is 181. The first kappa shape index (κ1) is 11.4. The van der Waals surface area contributed by atoms with E-state index in [2.05, 4.69) is 5.32 Å². The molecule has 2 aliphatic carbocycles. The molecule has 2 saturated carbocycles. The van der Waals surface area contributed by atoms with Crippen LogP contribution in [0.1, 0.15) is 64.2 Å². The van der Waals surface area contributed by atoms with Gasteiger partial charge in [0.1, 0.15) is 0 Å². The molecule has 0 unspecified atom stereocenters. The maximum atomic E-state index is 10.3. The summed E-state index contributed by atoms with van der Waals surface area (Å²) in [5, 5.41) is 13.9. The zero-order chi connectivity index (χ0) is 10.6. The van der Waals surface area contributed by atoms with E-state index in [-0.39, 0.29) is 5.60 Å². The second kappa shape index (κ2) is 5.31. The number of rotatable bonds is 3. The Hall–Kier alpha value is -0.0800. The number of aliphatic hydroxyl groups is 1. The predicted molar refractivity (Wildman–Crippen MR) is 62.9 cm³/mol. The first-order valence-electron chi connectivity index (χ1n) is 6.74. The lowest BCUT2D eigenvalue weighted by Crippen LogP contribution is -2.46. The number of hydrogen-bond donors (Lipinski definition) is 2. The van der Waals surface area contributed by atoms with Gasteiger partial charge in [-0.2, -0.15) is 0 Å². The van der Waals surface area contributed by atoms with E-state index in [0.717, 1.165) is 19.4 Å². The highest BCUT2D eigenvalue weighted by atomic mass is 16.3. The molecule has 0 spiro atoms. The summed E-state index contributed by atoms with van der Waals surface area (Å²) in [5.41, 5.74) is -0.379. The van der Waals surface area contributed by atoms with Crippen LogP contribution in [0.2, 0.25) is 0 Å². The van der Waals surface area contributed by atoms with Gasteiger partial charge in [0, 0.05) is 12.6 Å². The van der Waals surface area contributed by atoms with E-state index >= 15 is 0 Å². The van der Waals surface area contributed by atoms with Crippen LogP contribution in [0.5, 0.6) is 0 Å². The van der Waals surface area contributed by atoms with Crippen molar-refractivity contribution in [3.05, 3.63) is 0 Å². The van der Waals surface area contributed by atoms with Gasteiger partial charge < -0.3 is 10.4 Å². The van der Waals surface area contributed by atoms with Crippen molar-refractivity contribution in [3.8, 4) is 0 Å². The molecule has 0 amide bonds. The van der Waals surface area contributed by atoms with E-state index in [0.29, 0.717) is 6.04 Å². The van der Waals surface area contributed by atoms with Crippen molar-refractivity contribution in [1.82, 2.24) is 5.32 Å². The van der Waals surface area contributed by atoms with Crippen LogP contribution in [0.4, 0.5) is 0 Å². The van der Waals surface area contributed by atoms with Crippen LogP contribution in [-0.4, -0.2) is 23.3 Å². The van der Waals surface area contributed by atoms with E-state index < -0.39 is 0 Å². The minimum atomic E-state index is -0.379. The molecule has 0 saturated heterocycles. The van der Waals surface area contributed by atoms with Crippen molar-refractivity contribution in [2.75, 3.05) is 6.54 Å². The highest BCUT2D eigenvalue weighted by Gasteiger charge is 2.29. The normalized spacial score (nSPS) is 27.8. The molecule has 2 fully saturated rings. The van der Waals surface area contributed by atoms with Crippen molar-refractivity contribution < 1.29 is 5.11 Å². The molecule has 0 aliphatic heterocycles. The average molecular weight is 211 g/mol. The van der Waals surface area contributed by atoms with Crippen LogP contribution in [0.15, 0.2) is 0 Å². The van der Waals surface area contributed by atoms with Gasteiger partial charge in [-0.1, -0.05) is 38.5 Å². The lowest BCUT2D eigenvalue weighted by atomic mass is 9.84. The Morgan fingerprint density at radius 1 is 0.933 bits per heavy atom. The second-order valence-corrected chi connectivity index (χ2v) is 5.50. The monoisotopic (exact) mass is 211 g/mol. The zero-order valence-corrected chi connectivity index (χ0v) is 9.80. The molecule has 0 aromatic carbocycles. The van der Waals surface area contributed by atoms with Gasteiger partial charge >= 0.3 is 0 Å². The summed E-state index contributed by atoms with van der Waals surface area (Å²) >= 11 is 0. The fourth-order valence-electron chi connectivity index (χ4n) is 3.03. The van der Waals surface area contributed by atoms with Gasteiger partial charge in [-0.05, 0) is 25.7 Å². The van der Waals surface area contributed by atoms with Crippen molar-refractivity contribution in [3.63, 3.8) is 0 Å². The molecule has 2 N–H and O–H groups in total. The molecule has 0 aromatic heterocycles. The van der Waals surface area contributed by atoms with Crippen LogP contribution < -0.4 is 5.32 Å². The average Bonchev–Trinajstić information content (AvgIpc) is 2.29. The Morgan fingerprint density at radius 3 is 2.20 bits per heavy atom. The molecule has 0 heterocycles. The quantitative estimate of drug-likeness (QED) is 0.752. The van der Waals surface area contributed by atoms with Crippen LogP contribution in [0.3, 0.4) is 0 Å². The van der Waals surface area contributed by atoms with E-state index in [9.17, 15) is 5.11 Å². The minimum Gasteiger partial charge on any atom is -0.389 e. The van der Waals surface area contributed by atoms with Crippen LogP contribution in [0.25, 0.3) is 0 Å². The molecular formula is C13H25NO. The molecule has 2 aliphatic rings. The number of nitrogens with one attached hydrogen (secondary N) is 1. The number of hydrogen-bond acceptors (Lipinski definition) is 2. The third-order valence-corrected chi connectivity index (χ3v) is 4.11. The van der Waals surface area contributed by atoms with Crippen molar-refractivity contribution in [2.45, 2.75) is 75.9 Å². The van der Waals surface area contributed by atoms with E-state index in [1.807, 2.05) is 0 Å². The van der Waals surface area contributed by atoms with Gasteiger partial charge in [-0.15, -0.1) is 0 Å². The van der Waals surface area contributed by atoms with Crippen molar-refractivity contribution >= 4 is 0 Å². The molecular weight excluding hydrogens is 186 g/mol. The second-order valence-electron chi connectivity index (χ2n) is 5.50. The van der Waals surface area contributed by atoms with Crippen molar-refractivity contribution in [2.24, 2.45) is 0 Å². The fourth-order valence-corrected chi connectivity index (χ4v) is 3.03. The van der Waals surface area contributed by atoms with Gasteiger partial charge in [0.25, 0.3) is 0 Å². The lowest BCUT2D eigenvalue weighted by Gasteiger charge is -2.34. The molecule has 0 radical (unpaired) electrons. The molecule has 2 nitrogen and oxygen atoms in total. The standard InChI is InChI=1S/C13H25NO/c15-13(9-5-2-6-10-13)11-14-12-7-3-1-4-8-12/h12,14-15H,1-11H2. The first-order chi connectivity index (χ1) is 7.29. The highest BCUT2D eigenvalue weighted by molar-refractivity contribution is 4.86. The Kier molecular flexibility index (Phi) is 4.04. The molecule has 88 valence electrons. The summed E-state index contributed by atoms with van der Waals surface area (Å²) in [7, 11) is 0. The maximum Gasteiger partial charge on any atom is 0.0771 e. The summed E-state index contributed by atoms with van der Waals surface area (Å²) < 4.78 is 0. The maximum absolute atomic E-state index is 10.3. The topological polar surface area (TPSA) is 32.3 Å². The third-order valence-electron chi connectivity index (χ3n) is 4.11. The molecule has 0 aromatic rings. The zero-order valence-electron chi connectivity index (χ0n) is 9.80. The van der Waals surface area contributed by atoms with Gasteiger partial charge in [-0.3, -0.25) is 0 Å². The molecule has 2 heteroatoms. The Labute approximate surface area is 93.5 Å². The summed E-state index contributed by atoms with van der Waals surface area (Å²) in [5.74, 6) is 0.